The van der Waals surface area contributed by atoms with Gasteiger partial charge in [0.15, 0.2) is 5.76 Å². The fraction of sp³-hybridized carbons (Fsp3) is 0.125. The van der Waals surface area contributed by atoms with Crippen LogP contribution in [-0.2, 0) is 10.0 Å². The first-order chi connectivity index (χ1) is 14.8. The number of aryl methyl sites for hydroxylation is 2. The largest absolute Gasteiger partial charge is 0.450 e. The lowest BCUT2D eigenvalue weighted by molar-refractivity contribution is 0.0998. The van der Waals surface area contributed by atoms with E-state index in [1.165, 1.54) is 23.5 Å². The third kappa shape index (κ3) is 3.80. The maximum Gasteiger partial charge on any atom is 0.291 e. The fourth-order valence-corrected chi connectivity index (χ4v) is 4.70. The van der Waals surface area contributed by atoms with E-state index < -0.39 is 15.9 Å². The number of nitrogens with one attached hydrogen (secondary N) is 1. The summed E-state index contributed by atoms with van der Waals surface area (Å²) in [5, 5.41) is 3.64. The normalized spacial score (nSPS) is 11.5. The molecule has 0 saturated carbocycles. The Labute approximate surface area is 181 Å². The lowest BCUT2D eigenvalue weighted by Gasteiger charge is -2.19. The molecule has 1 heterocycles. The Balaban J connectivity index is 1.63. The van der Waals surface area contributed by atoms with E-state index in [2.05, 4.69) is 5.32 Å². The van der Waals surface area contributed by atoms with Crippen LogP contribution < -0.4 is 9.62 Å². The smallest absolute Gasteiger partial charge is 0.291 e. The molecule has 7 heteroatoms. The summed E-state index contributed by atoms with van der Waals surface area (Å²) in [6.07, 6.45) is 0. The van der Waals surface area contributed by atoms with Crippen molar-refractivity contribution in [1.82, 2.24) is 0 Å². The van der Waals surface area contributed by atoms with Gasteiger partial charge in [-0.15, -0.1) is 0 Å². The van der Waals surface area contributed by atoms with Crippen LogP contribution in [0.1, 0.15) is 21.7 Å². The summed E-state index contributed by atoms with van der Waals surface area (Å²) < 4.78 is 33.1. The van der Waals surface area contributed by atoms with E-state index in [4.69, 9.17) is 4.42 Å². The molecular weight excluding hydrogens is 412 g/mol. The van der Waals surface area contributed by atoms with Crippen molar-refractivity contribution in [2.24, 2.45) is 0 Å². The molecular formula is C24H22N2O4S. The zero-order valence-electron chi connectivity index (χ0n) is 17.4. The number of fused-ring (bicyclic) bond motifs is 1. The van der Waals surface area contributed by atoms with Crippen LogP contribution in [0.3, 0.4) is 0 Å². The van der Waals surface area contributed by atoms with Gasteiger partial charge in [-0.3, -0.25) is 9.10 Å². The average molecular weight is 435 g/mol. The highest BCUT2D eigenvalue weighted by molar-refractivity contribution is 7.92. The molecule has 0 radical (unpaired) electrons. The molecule has 0 atom stereocenters. The Morgan fingerprint density at radius 2 is 1.65 bits per heavy atom. The van der Waals surface area contributed by atoms with Crippen molar-refractivity contribution in [1.29, 1.82) is 0 Å². The monoisotopic (exact) mass is 434 g/mol. The van der Waals surface area contributed by atoms with Crippen LogP contribution in [0.2, 0.25) is 0 Å². The number of carbonyl (C=O) groups is 1. The minimum Gasteiger partial charge on any atom is -0.450 e. The third-order valence-corrected chi connectivity index (χ3v) is 7.02. The molecule has 31 heavy (non-hydrogen) atoms. The zero-order chi connectivity index (χ0) is 22.2. The SMILES string of the molecule is Cc1c(C(=O)Nc2cccc(S(=O)(=O)N(C)c3ccccc3)c2)oc2c(C)cccc12. The van der Waals surface area contributed by atoms with Gasteiger partial charge in [0.25, 0.3) is 15.9 Å². The van der Waals surface area contributed by atoms with E-state index in [0.717, 1.165) is 16.5 Å². The van der Waals surface area contributed by atoms with Crippen molar-refractivity contribution in [2.45, 2.75) is 18.7 Å². The number of benzene rings is 3. The summed E-state index contributed by atoms with van der Waals surface area (Å²) >= 11 is 0. The van der Waals surface area contributed by atoms with Crippen LogP contribution in [0.25, 0.3) is 11.0 Å². The molecule has 158 valence electrons. The lowest BCUT2D eigenvalue weighted by Crippen LogP contribution is -2.26. The molecule has 1 N–H and O–H groups in total. The molecule has 0 spiro atoms. The van der Waals surface area contributed by atoms with Gasteiger partial charge in [-0.05, 0) is 49.7 Å². The molecule has 0 saturated heterocycles. The third-order valence-electron chi connectivity index (χ3n) is 5.24. The van der Waals surface area contributed by atoms with Crippen LogP contribution >= 0.6 is 0 Å². The Morgan fingerprint density at radius 3 is 2.35 bits per heavy atom. The highest BCUT2D eigenvalue weighted by atomic mass is 32.2. The number of amides is 1. The number of hydrogen-bond acceptors (Lipinski definition) is 4. The highest BCUT2D eigenvalue weighted by Gasteiger charge is 2.23. The summed E-state index contributed by atoms with van der Waals surface area (Å²) in [5.74, 6) is -0.224. The minimum absolute atomic E-state index is 0.0776. The summed E-state index contributed by atoms with van der Waals surface area (Å²) in [5.41, 5.74) is 3.26. The number of hydrogen-bond donors (Lipinski definition) is 1. The van der Waals surface area contributed by atoms with Crippen LogP contribution in [0, 0.1) is 13.8 Å². The number of furan rings is 1. The van der Waals surface area contributed by atoms with Crippen molar-refractivity contribution in [2.75, 3.05) is 16.7 Å². The number of rotatable bonds is 5. The summed E-state index contributed by atoms with van der Waals surface area (Å²) in [6, 6.07) is 20.7. The van der Waals surface area contributed by atoms with Crippen molar-refractivity contribution in [3.63, 3.8) is 0 Å². The van der Waals surface area contributed by atoms with Gasteiger partial charge in [0.05, 0.1) is 10.6 Å². The zero-order valence-corrected chi connectivity index (χ0v) is 18.2. The first-order valence-corrected chi connectivity index (χ1v) is 11.2. The Morgan fingerprint density at radius 1 is 0.935 bits per heavy atom. The molecule has 4 aromatic rings. The summed E-state index contributed by atoms with van der Waals surface area (Å²) in [7, 11) is -2.29. The van der Waals surface area contributed by atoms with E-state index in [1.54, 1.807) is 36.4 Å². The predicted molar refractivity (Wildman–Crippen MR) is 122 cm³/mol. The molecule has 1 amide bonds. The number of carbonyl (C=O) groups excluding carboxylic acids is 1. The Bertz CT molecular complexity index is 1380. The molecule has 0 unspecified atom stereocenters. The highest BCUT2D eigenvalue weighted by Crippen LogP contribution is 2.29. The van der Waals surface area contributed by atoms with Crippen molar-refractivity contribution in [3.8, 4) is 0 Å². The van der Waals surface area contributed by atoms with Crippen LogP contribution in [0.4, 0.5) is 11.4 Å². The Hall–Kier alpha value is -3.58. The molecule has 0 fully saturated rings. The van der Waals surface area contributed by atoms with E-state index in [-0.39, 0.29) is 10.7 Å². The van der Waals surface area contributed by atoms with E-state index in [9.17, 15) is 13.2 Å². The topological polar surface area (TPSA) is 79.6 Å². The van der Waals surface area contributed by atoms with Gasteiger partial charge >= 0.3 is 0 Å². The van der Waals surface area contributed by atoms with Gasteiger partial charge in [-0.1, -0.05) is 42.5 Å². The fourth-order valence-electron chi connectivity index (χ4n) is 3.46. The van der Waals surface area contributed by atoms with Gasteiger partial charge < -0.3 is 9.73 Å². The number of para-hydroxylation sites is 2. The first-order valence-electron chi connectivity index (χ1n) is 9.73. The van der Waals surface area contributed by atoms with E-state index in [1.807, 2.05) is 38.1 Å². The van der Waals surface area contributed by atoms with Gasteiger partial charge in [-0.2, -0.15) is 0 Å². The Kier molecular flexibility index (Phi) is 5.29. The van der Waals surface area contributed by atoms with E-state index >= 15 is 0 Å². The van der Waals surface area contributed by atoms with Crippen LogP contribution in [-0.4, -0.2) is 21.4 Å². The number of nitrogens with zero attached hydrogens (tertiary/aromatic N) is 1. The second-order valence-electron chi connectivity index (χ2n) is 7.30. The van der Waals surface area contributed by atoms with Gasteiger partial charge in [0.1, 0.15) is 5.58 Å². The lowest BCUT2D eigenvalue weighted by atomic mass is 10.1. The van der Waals surface area contributed by atoms with Crippen molar-refractivity contribution in [3.05, 3.63) is 89.7 Å². The summed E-state index contributed by atoms with van der Waals surface area (Å²) in [4.78, 5) is 12.9. The maximum atomic E-state index is 13.0. The second-order valence-corrected chi connectivity index (χ2v) is 9.27. The second kappa shape index (κ2) is 7.92. The number of anilines is 2. The molecule has 0 bridgehead atoms. The van der Waals surface area contributed by atoms with Crippen molar-refractivity contribution >= 4 is 38.3 Å². The molecule has 0 aliphatic heterocycles. The molecule has 1 aromatic heterocycles. The molecule has 0 aliphatic carbocycles. The quantitative estimate of drug-likeness (QED) is 0.472. The minimum atomic E-state index is -3.79. The van der Waals surface area contributed by atoms with Gasteiger partial charge in [-0.25, -0.2) is 8.42 Å². The van der Waals surface area contributed by atoms with Gasteiger partial charge in [0, 0.05) is 23.7 Å². The molecule has 6 nitrogen and oxygen atoms in total. The molecule has 4 rings (SSSR count). The van der Waals surface area contributed by atoms with E-state index in [0.29, 0.717) is 17.0 Å². The van der Waals surface area contributed by atoms with Crippen LogP contribution in [0.5, 0.6) is 0 Å². The molecule has 0 aliphatic rings. The first kappa shape index (κ1) is 20.7. The van der Waals surface area contributed by atoms with Crippen molar-refractivity contribution < 1.29 is 17.6 Å². The average Bonchev–Trinajstić information content (AvgIpc) is 3.12. The summed E-state index contributed by atoms with van der Waals surface area (Å²) in [6.45, 7) is 3.75. The molecule has 3 aromatic carbocycles. The predicted octanol–water partition coefficient (Wildman–Crippen LogP) is 5.13. The number of sulfonamides is 1. The van der Waals surface area contributed by atoms with Gasteiger partial charge in [0.2, 0.25) is 0 Å². The van der Waals surface area contributed by atoms with Crippen LogP contribution in [0.15, 0.2) is 82.1 Å². The maximum absolute atomic E-state index is 13.0. The standard InChI is InChI=1S/C24H22N2O4S/c1-16-9-7-14-21-17(2)23(30-22(16)21)24(27)25-18-10-8-13-20(15-18)31(28,29)26(3)19-11-5-4-6-12-19/h4-15H,1-3H3,(H,25,27).